The van der Waals surface area contributed by atoms with Crippen LogP contribution >= 0.6 is 0 Å². The van der Waals surface area contributed by atoms with E-state index in [0.717, 1.165) is 24.9 Å². The molecule has 1 aliphatic rings. The molecule has 2 aromatic carbocycles. The van der Waals surface area contributed by atoms with Gasteiger partial charge in [0.1, 0.15) is 6.54 Å². The van der Waals surface area contributed by atoms with E-state index >= 15 is 0 Å². The van der Waals surface area contributed by atoms with Crippen molar-refractivity contribution in [3.8, 4) is 5.69 Å². The van der Waals surface area contributed by atoms with Crippen molar-refractivity contribution in [2.75, 3.05) is 20.1 Å². The third-order valence-corrected chi connectivity index (χ3v) is 7.27. The van der Waals surface area contributed by atoms with Gasteiger partial charge in [-0.15, -0.1) is 0 Å². The number of benzene rings is 2. The van der Waals surface area contributed by atoms with Gasteiger partial charge in [0.15, 0.2) is 0 Å². The van der Waals surface area contributed by atoms with Crippen molar-refractivity contribution in [3.05, 3.63) is 103 Å². The van der Waals surface area contributed by atoms with Crippen molar-refractivity contribution in [2.24, 2.45) is 5.92 Å². The smallest absolute Gasteiger partial charge is 0.253 e. The second kappa shape index (κ2) is 11.2. The van der Waals surface area contributed by atoms with Crippen LogP contribution in [0.25, 0.3) is 5.69 Å². The van der Waals surface area contributed by atoms with Crippen LogP contribution in [0.1, 0.15) is 28.8 Å². The number of nitrogens with zero attached hydrogens (tertiary/aromatic N) is 6. The Labute approximate surface area is 217 Å². The van der Waals surface area contributed by atoms with Gasteiger partial charge in [0.25, 0.3) is 5.91 Å². The summed E-state index contributed by atoms with van der Waals surface area (Å²) in [7, 11) is 1.90. The molecule has 0 N–H and O–H groups in total. The molecular formula is C29H32N6O2. The third-order valence-electron chi connectivity index (χ3n) is 7.27. The van der Waals surface area contributed by atoms with Gasteiger partial charge >= 0.3 is 0 Å². The van der Waals surface area contributed by atoms with Gasteiger partial charge in [0.05, 0.1) is 5.69 Å². The van der Waals surface area contributed by atoms with E-state index in [4.69, 9.17) is 0 Å². The molecule has 0 aliphatic carbocycles. The van der Waals surface area contributed by atoms with Crippen molar-refractivity contribution in [1.29, 1.82) is 0 Å². The van der Waals surface area contributed by atoms with Gasteiger partial charge < -0.3 is 9.80 Å². The van der Waals surface area contributed by atoms with E-state index in [1.807, 2.05) is 83.8 Å². The first-order valence-electron chi connectivity index (χ1n) is 12.7. The molecule has 5 rings (SSSR count). The molecule has 1 atom stereocenters. The summed E-state index contributed by atoms with van der Waals surface area (Å²) in [5.41, 5.74) is 2.74. The van der Waals surface area contributed by atoms with Crippen LogP contribution in [0.2, 0.25) is 0 Å². The van der Waals surface area contributed by atoms with E-state index in [1.165, 1.54) is 5.56 Å². The van der Waals surface area contributed by atoms with E-state index in [0.29, 0.717) is 24.6 Å². The summed E-state index contributed by atoms with van der Waals surface area (Å²) in [5, 5.41) is 8.47. The fourth-order valence-electron chi connectivity index (χ4n) is 5.18. The summed E-state index contributed by atoms with van der Waals surface area (Å²) in [4.78, 5) is 30.3. The fourth-order valence-corrected chi connectivity index (χ4v) is 5.18. The molecule has 0 saturated carbocycles. The summed E-state index contributed by atoms with van der Waals surface area (Å²) >= 11 is 0. The van der Waals surface area contributed by atoms with Crippen molar-refractivity contribution < 1.29 is 9.59 Å². The van der Waals surface area contributed by atoms with Crippen molar-refractivity contribution in [1.82, 2.24) is 29.4 Å². The van der Waals surface area contributed by atoms with Crippen LogP contribution in [0.15, 0.2) is 91.5 Å². The molecule has 8 nitrogen and oxygen atoms in total. The molecular weight excluding hydrogens is 464 g/mol. The molecule has 3 heterocycles. The zero-order valence-corrected chi connectivity index (χ0v) is 21.1. The maximum absolute atomic E-state index is 13.3. The molecule has 0 spiro atoms. The minimum Gasteiger partial charge on any atom is -0.341 e. The normalized spacial score (nSPS) is 14.9. The second-order valence-corrected chi connectivity index (χ2v) is 9.60. The summed E-state index contributed by atoms with van der Waals surface area (Å²) in [6, 6.07) is 21.6. The third kappa shape index (κ3) is 5.80. The molecule has 0 radical (unpaired) electrons. The lowest BCUT2D eigenvalue weighted by Gasteiger charge is -2.40. The van der Waals surface area contributed by atoms with Gasteiger partial charge in [-0.05, 0) is 61.1 Å². The van der Waals surface area contributed by atoms with Crippen LogP contribution in [0.5, 0.6) is 0 Å². The molecule has 2 amide bonds. The molecule has 1 saturated heterocycles. The largest absolute Gasteiger partial charge is 0.341 e. The zero-order valence-electron chi connectivity index (χ0n) is 21.1. The standard InChI is InChI=1S/C29H32N6O2/c1-32(28(36)22-34-16-6-14-30-34)27(20-23-8-3-2-4-9-23)24-12-18-33(19-13-24)29(37)25-10-5-11-26(21-25)35-17-7-15-31-35/h2-11,14-17,21,24,27H,12-13,18-20,22H2,1H3/t27-/m0/s1. The Bertz CT molecular complexity index is 1300. The number of carbonyl (C=O) groups excluding carboxylic acids is 2. The van der Waals surface area contributed by atoms with E-state index in [2.05, 4.69) is 22.3 Å². The van der Waals surface area contributed by atoms with Crippen LogP contribution in [-0.2, 0) is 17.8 Å². The zero-order chi connectivity index (χ0) is 25.6. The Morgan fingerprint density at radius 2 is 1.70 bits per heavy atom. The lowest BCUT2D eigenvalue weighted by Crippen LogP contribution is -2.49. The van der Waals surface area contributed by atoms with Crippen LogP contribution in [0.4, 0.5) is 0 Å². The molecule has 1 aliphatic heterocycles. The highest BCUT2D eigenvalue weighted by molar-refractivity contribution is 5.94. The monoisotopic (exact) mass is 496 g/mol. The Morgan fingerprint density at radius 3 is 2.41 bits per heavy atom. The van der Waals surface area contributed by atoms with Gasteiger partial charge in [-0.1, -0.05) is 36.4 Å². The lowest BCUT2D eigenvalue weighted by atomic mass is 9.84. The molecule has 190 valence electrons. The first-order chi connectivity index (χ1) is 18.1. The van der Waals surface area contributed by atoms with Gasteiger partial charge in [-0.3, -0.25) is 14.3 Å². The van der Waals surface area contributed by atoms with Crippen molar-refractivity contribution in [2.45, 2.75) is 31.8 Å². The number of rotatable bonds is 8. The number of likely N-dealkylation sites (tertiary alicyclic amines) is 1. The number of piperidine rings is 1. The topological polar surface area (TPSA) is 76.3 Å². The molecule has 1 fully saturated rings. The van der Waals surface area contributed by atoms with E-state index in [1.54, 1.807) is 21.8 Å². The highest BCUT2D eigenvalue weighted by atomic mass is 16.2. The Hall–Kier alpha value is -4.20. The van der Waals surface area contributed by atoms with E-state index in [-0.39, 0.29) is 24.4 Å². The van der Waals surface area contributed by atoms with Gasteiger partial charge in [0.2, 0.25) is 5.91 Å². The molecule has 8 heteroatoms. The second-order valence-electron chi connectivity index (χ2n) is 9.60. The van der Waals surface area contributed by atoms with E-state index in [9.17, 15) is 9.59 Å². The molecule has 4 aromatic rings. The first-order valence-corrected chi connectivity index (χ1v) is 12.7. The van der Waals surface area contributed by atoms with Gasteiger partial charge in [0, 0.05) is 56.5 Å². The van der Waals surface area contributed by atoms with Crippen LogP contribution in [0.3, 0.4) is 0 Å². The Balaban J connectivity index is 1.27. The SMILES string of the molecule is CN(C(=O)Cn1cccn1)[C@@H](Cc1ccccc1)C1CCN(C(=O)c2cccc(-n3cccn3)c2)CC1. The predicted octanol–water partition coefficient (Wildman–Crippen LogP) is 3.69. The van der Waals surface area contributed by atoms with Crippen molar-refractivity contribution in [3.63, 3.8) is 0 Å². The average Bonchev–Trinajstić information content (AvgIpc) is 3.67. The minimum atomic E-state index is 0.0372. The Kier molecular flexibility index (Phi) is 7.44. The predicted molar refractivity (Wildman–Crippen MR) is 141 cm³/mol. The highest BCUT2D eigenvalue weighted by Crippen LogP contribution is 2.28. The van der Waals surface area contributed by atoms with Crippen LogP contribution < -0.4 is 0 Å². The quantitative estimate of drug-likeness (QED) is 0.373. The van der Waals surface area contributed by atoms with Crippen LogP contribution in [0, 0.1) is 5.92 Å². The van der Waals surface area contributed by atoms with Crippen LogP contribution in [-0.4, -0.2) is 67.4 Å². The number of aromatic nitrogens is 4. The highest BCUT2D eigenvalue weighted by Gasteiger charge is 2.33. The fraction of sp³-hybridized carbons (Fsp3) is 0.310. The summed E-state index contributed by atoms with van der Waals surface area (Å²) < 4.78 is 3.42. The number of amides is 2. The van der Waals surface area contributed by atoms with Gasteiger partial charge in [-0.2, -0.15) is 10.2 Å². The summed E-state index contributed by atoms with van der Waals surface area (Å²) in [6.07, 6.45) is 9.57. The van der Waals surface area contributed by atoms with Gasteiger partial charge in [-0.25, -0.2) is 4.68 Å². The number of likely N-dealkylation sites (N-methyl/N-ethyl adjacent to an activating group) is 1. The van der Waals surface area contributed by atoms with E-state index < -0.39 is 0 Å². The number of hydrogen-bond donors (Lipinski definition) is 0. The Morgan fingerprint density at radius 1 is 0.946 bits per heavy atom. The molecule has 0 bridgehead atoms. The molecule has 2 aromatic heterocycles. The maximum atomic E-state index is 13.3. The first kappa shape index (κ1) is 24.5. The average molecular weight is 497 g/mol. The lowest BCUT2D eigenvalue weighted by molar-refractivity contribution is -0.134. The summed E-state index contributed by atoms with van der Waals surface area (Å²) in [5.74, 6) is 0.375. The minimum absolute atomic E-state index is 0.0372. The number of hydrogen-bond acceptors (Lipinski definition) is 4. The van der Waals surface area contributed by atoms with Crippen molar-refractivity contribution >= 4 is 11.8 Å². The maximum Gasteiger partial charge on any atom is 0.253 e. The number of carbonyl (C=O) groups is 2. The molecule has 37 heavy (non-hydrogen) atoms. The molecule has 0 unspecified atom stereocenters. The summed E-state index contributed by atoms with van der Waals surface area (Å²) in [6.45, 7) is 1.56.